The normalized spacial score (nSPS) is 26.6. The van der Waals surface area contributed by atoms with Crippen molar-refractivity contribution < 1.29 is 4.74 Å². The van der Waals surface area contributed by atoms with Gasteiger partial charge in [0.25, 0.3) is 0 Å². The van der Waals surface area contributed by atoms with E-state index in [2.05, 4.69) is 46.2 Å². The van der Waals surface area contributed by atoms with Crippen molar-refractivity contribution in [2.24, 2.45) is 0 Å². The zero-order valence-corrected chi connectivity index (χ0v) is 17.5. The van der Waals surface area contributed by atoms with E-state index in [9.17, 15) is 0 Å². The molecule has 5 rings (SSSR count). The van der Waals surface area contributed by atoms with Crippen LogP contribution in [0.15, 0.2) is 48.5 Å². The van der Waals surface area contributed by atoms with E-state index >= 15 is 0 Å². The number of hydrogen-bond acceptors (Lipinski definition) is 4. The van der Waals surface area contributed by atoms with Gasteiger partial charge in [-0.1, -0.05) is 30.3 Å². The number of halogens is 1. The Hall–Kier alpha value is -2.06. The first-order valence-corrected chi connectivity index (χ1v) is 10.5. The molecule has 3 aliphatic rings. The predicted octanol–water partition coefficient (Wildman–Crippen LogP) is 4.47. The molecule has 0 bridgehead atoms. The van der Waals surface area contributed by atoms with Gasteiger partial charge in [-0.3, -0.25) is 4.90 Å². The second-order valence-corrected chi connectivity index (χ2v) is 8.36. The molecule has 0 unspecified atom stereocenters. The monoisotopic (exact) mass is 409 g/mol. The third-order valence-corrected chi connectivity index (χ3v) is 6.95. The molecule has 5 heteroatoms. The summed E-state index contributed by atoms with van der Waals surface area (Å²) in [5.74, 6) is 0. The highest BCUT2D eigenvalue weighted by Crippen LogP contribution is 2.47. The molecule has 2 fully saturated rings. The second kappa shape index (κ2) is 8.36. The maximum atomic E-state index is 9.13. The Morgan fingerprint density at radius 1 is 0.966 bits per heavy atom. The summed E-state index contributed by atoms with van der Waals surface area (Å²) in [5.41, 5.74) is 4.73. The molecule has 1 aliphatic carbocycles. The largest absolute Gasteiger partial charge is 0.369 e. The molecule has 1 saturated carbocycles. The molecule has 1 spiro atoms. The summed E-state index contributed by atoms with van der Waals surface area (Å²) in [6, 6.07) is 19.7. The van der Waals surface area contributed by atoms with Crippen LogP contribution >= 0.6 is 12.4 Å². The second-order valence-electron chi connectivity index (χ2n) is 8.36. The summed E-state index contributed by atoms with van der Waals surface area (Å²) in [5, 5.41) is 9.13. The molecule has 2 aliphatic heterocycles. The number of fused-ring (bicyclic) bond motifs is 2. The SMILES string of the molecule is Cl.N#Cc1cccc(N2CCN(C3CCC4(CC3)OCc3ccccc34)CC2)c1. The summed E-state index contributed by atoms with van der Waals surface area (Å²) in [6.45, 7) is 5.06. The molecule has 29 heavy (non-hydrogen) atoms. The van der Waals surface area contributed by atoms with E-state index in [-0.39, 0.29) is 18.0 Å². The van der Waals surface area contributed by atoms with Gasteiger partial charge in [0.1, 0.15) is 0 Å². The molecule has 1 saturated heterocycles. The Bertz CT molecular complexity index is 893. The number of nitriles is 1. The van der Waals surface area contributed by atoms with E-state index in [1.807, 2.05) is 18.2 Å². The number of piperazine rings is 1. The third-order valence-electron chi connectivity index (χ3n) is 6.95. The molecule has 2 heterocycles. The van der Waals surface area contributed by atoms with Crippen LogP contribution in [0.2, 0.25) is 0 Å². The molecular weight excluding hydrogens is 382 g/mol. The van der Waals surface area contributed by atoms with Crippen molar-refractivity contribution in [2.45, 2.75) is 43.9 Å². The van der Waals surface area contributed by atoms with E-state index in [1.165, 1.54) is 29.7 Å². The van der Waals surface area contributed by atoms with Gasteiger partial charge in [-0.15, -0.1) is 12.4 Å². The summed E-state index contributed by atoms with van der Waals surface area (Å²) in [7, 11) is 0. The first-order chi connectivity index (χ1) is 13.8. The van der Waals surface area contributed by atoms with Gasteiger partial charge < -0.3 is 9.64 Å². The van der Waals surface area contributed by atoms with Crippen LogP contribution in [0.25, 0.3) is 0 Å². The average Bonchev–Trinajstić information content (AvgIpc) is 3.13. The lowest BCUT2D eigenvalue weighted by atomic mass is 9.77. The van der Waals surface area contributed by atoms with Gasteiger partial charge in [0.05, 0.1) is 23.8 Å². The standard InChI is InChI=1S/C24H27N3O.ClH/c25-17-19-4-3-6-22(16-19)27-14-12-26(13-15-27)21-8-10-24(11-9-21)23-7-2-1-5-20(23)18-28-24;/h1-7,16,21H,8-15,18H2;1H. The minimum absolute atomic E-state index is 0. The quantitative estimate of drug-likeness (QED) is 0.733. The van der Waals surface area contributed by atoms with Crippen LogP contribution in [0.4, 0.5) is 5.69 Å². The van der Waals surface area contributed by atoms with Crippen molar-refractivity contribution in [3.05, 3.63) is 65.2 Å². The molecule has 0 radical (unpaired) electrons. The predicted molar refractivity (Wildman–Crippen MR) is 117 cm³/mol. The van der Waals surface area contributed by atoms with Gasteiger partial charge in [-0.25, -0.2) is 0 Å². The zero-order valence-electron chi connectivity index (χ0n) is 16.7. The molecule has 152 valence electrons. The maximum Gasteiger partial charge on any atom is 0.0992 e. The highest BCUT2D eigenvalue weighted by atomic mass is 35.5. The van der Waals surface area contributed by atoms with Crippen molar-refractivity contribution >= 4 is 18.1 Å². The van der Waals surface area contributed by atoms with Crippen molar-refractivity contribution in [2.75, 3.05) is 31.1 Å². The first kappa shape index (κ1) is 20.2. The highest BCUT2D eigenvalue weighted by Gasteiger charge is 2.43. The lowest BCUT2D eigenvalue weighted by molar-refractivity contribution is -0.0777. The lowest BCUT2D eigenvalue weighted by Crippen LogP contribution is -2.52. The number of ether oxygens (including phenoxy) is 1. The van der Waals surface area contributed by atoms with E-state index in [0.29, 0.717) is 6.04 Å². The Balaban J connectivity index is 0.00000205. The number of rotatable bonds is 2. The average molecular weight is 410 g/mol. The van der Waals surface area contributed by atoms with Crippen LogP contribution in [0.3, 0.4) is 0 Å². The summed E-state index contributed by atoms with van der Waals surface area (Å²) in [4.78, 5) is 5.09. The molecule has 0 N–H and O–H groups in total. The minimum Gasteiger partial charge on any atom is -0.369 e. The number of benzene rings is 2. The smallest absolute Gasteiger partial charge is 0.0992 e. The fourth-order valence-corrected chi connectivity index (χ4v) is 5.35. The molecule has 0 amide bonds. The van der Waals surface area contributed by atoms with Crippen molar-refractivity contribution in [3.8, 4) is 6.07 Å². The van der Waals surface area contributed by atoms with Crippen LogP contribution in [-0.4, -0.2) is 37.1 Å². The Kier molecular flexibility index (Phi) is 5.83. The molecule has 2 aromatic carbocycles. The summed E-state index contributed by atoms with van der Waals surface area (Å²) in [6.07, 6.45) is 4.72. The summed E-state index contributed by atoms with van der Waals surface area (Å²) >= 11 is 0. The van der Waals surface area contributed by atoms with Crippen LogP contribution in [0, 0.1) is 11.3 Å². The van der Waals surface area contributed by atoms with Gasteiger partial charge in [0.2, 0.25) is 0 Å². The molecule has 0 atom stereocenters. The molecular formula is C24H28ClN3O. The van der Waals surface area contributed by atoms with E-state index < -0.39 is 0 Å². The van der Waals surface area contributed by atoms with Crippen LogP contribution < -0.4 is 4.90 Å². The van der Waals surface area contributed by atoms with Crippen LogP contribution in [-0.2, 0) is 16.9 Å². The van der Waals surface area contributed by atoms with E-state index in [4.69, 9.17) is 10.00 Å². The van der Waals surface area contributed by atoms with Gasteiger partial charge in [-0.05, 0) is 55.0 Å². The van der Waals surface area contributed by atoms with Gasteiger partial charge in [0.15, 0.2) is 0 Å². The molecule has 0 aromatic heterocycles. The topological polar surface area (TPSA) is 39.5 Å². The zero-order chi connectivity index (χ0) is 19.0. The van der Waals surface area contributed by atoms with Crippen LogP contribution in [0.1, 0.15) is 42.4 Å². The first-order valence-electron chi connectivity index (χ1n) is 10.5. The van der Waals surface area contributed by atoms with Crippen molar-refractivity contribution in [1.82, 2.24) is 4.90 Å². The third kappa shape index (κ3) is 3.75. The Morgan fingerprint density at radius 3 is 2.48 bits per heavy atom. The van der Waals surface area contributed by atoms with E-state index in [0.717, 1.165) is 51.2 Å². The van der Waals surface area contributed by atoms with Gasteiger partial charge in [0, 0.05) is 37.9 Å². The van der Waals surface area contributed by atoms with Gasteiger partial charge >= 0.3 is 0 Å². The van der Waals surface area contributed by atoms with E-state index in [1.54, 1.807) is 0 Å². The number of anilines is 1. The Morgan fingerprint density at radius 2 is 1.72 bits per heavy atom. The lowest BCUT2D eigenvalue weighted by Gasteiger charge is -2.45. The number of hydrogen-bond donors (Lipinski definition) is 0. The Labute approximate surface area is 179 Å². The summed E-state index contributed by atoms with van der Waals surface area (Å²) < 4.78 is 6.33. The fraction of sp³-hybridized carbons (Fsp3) is 0.458. The van der Waals surface area contributed by atoms with Gasteiger partial charge in [-0.2, -0.15) is 5.26 Å². The fourth-order valence-electron chi connectivity index (χ4n) is 5.35. The number of nitrogens with zero attached hydrogens (tertiary/aromatic N) is 3. The van der Waals surface area contributed by atoms with Crippen molar-refractivity contribution in [3.63, 3.8) is 0 Å². The van der Waals surface area contributed by atoms with Crippen molar-refractivity contribution in [1.29, 1.82) is 5.26 Å². The molecule has 2 aromatic rings. The molecule has 4 nitrogen and oxygen atoms in total. The highest BCUT2D eigenvalue weighted by molar-refractivity contribution is 5.85. The maximum absolute atomic E-state index is 9.13. The minimum atomic E-state index is -0.0212. The van der Waals surface area contributed by atoms with Crippen LogP contribution in [0.5, 0.6) is 0 Å².